The Bertz CT molecular complexity index is 358. The molecule has 2 N–H and O–H groups in total. The number of anilines is 1. The Morgan fingerprint density at radius 2 is 2.12 bits per heavy atom. The molecule has 0 aliphatic heterocycles. The van der Waals surface area contributed by atoms with Crippen LogP contribution in [-0.2, 0) is 0 Å². The molecule has 0 saturated carbocycles. The van der Waals surface area contributed by atoms with E-state index in [1.165, 1.54) is 0 Å². The van der Waals surface area contributed by atoms with Crippen molar-refractivity contribution in [3.63, 3.8) is 0 Å². The molecule has 1 aromatic rings. The Kier molecular flexibility index (Phi) is 4.47. The first-order chi connectivity index (χ1) is 7.56. The van der Waals surface area contributed by atoms with E-state index < -0.39 is 0 Å². The Balaban J connectivity index is 2.96. The van der Waals surface area contributed by atoms with Gasteiger partial charge in [0.2, 0.25) is 0 Å². The van der Waals surface area contributed by atoms with Crippen LogP contribution in [0.4, 0.5) is 5.82 Å². The summed E-state index contributed by atoms with van der Waals surface area (Å²) in [6.45, 7) is 8.32. The van der Waals surface area contributed by atoms with Crippen molar-refractivity contribution in [1.82, 2.24) is 4.98 Å². The van der Waals surface area contributed by atoms with Crippen molar-refractivity contribution in [3.05, 3.63) is 23.9 Å². The van der Waals surface area contributed by atoms with Gasteiger partial charge in [0.15, 0.2) is 0 Å². The average Bonchev–Trinajstić information content (AvgIpc) is 2.28. The van der Waals surface area contributed by atoms with Gasteiger partial charge in [0.25, 0.3) is 0 Å². The van der Waals surface area contributed by atoms with Crippen molar-refractivity contribution in [3.8, 4) is 0 Å². The van der Waals surface area contributed by atoms with Gasteiger partial charge in [-0.15, -0.1) is 0 Å². The fraction of sp³-hybridized carbons (Fsp3) is 0.538. The van der Waals surface area contributed by atoms with Gasteiger partial charge < -0.3 is 10.7 Å². The van der Waals surface area contributed by atoms with Crippen molar-refractivity contribution in [2.45, 2.75) is 40.2 Å². The number of nitrogens with zero attached hydrogens (tertiary/aromatic N) is 1. The number of hydrogen-bond acceptors (Lipinski definition) is 3. The zero-order valence-electron chi connectivity index (χ0n) is 10.5. The van der Waals surface area contributed by atoms with Crippen molar-refractivity contribution in [2.24, 2.45) is 5.92 Å². The average molecular weight is 219 g/mol. The normalized spacial score (nSPS) is 12.6. The highest BCUT2D eigenvalue weighted by Gasteiger charge is 2.12. The molecule has 16 heavy (non-hydrogen) atoms. The third kappa shape index (κ3) is 3.05. The number of aromatic nitrogens is 1. The molecule has 0 aromatic carbocycles. The summed E-state index contributed by atoms with van der Waals surface area (Å²) in [5.74, 6) is 1.05. The van der Waals surface area contributed by atoms with Gasteiger partial charge in [-0.25, -0.2) is 4.98 Å². The summed E-state index contributed by atoms with van der Waals surface area (Å²) < 4.78 is 0. The second kappa shape index (κ2) is 5.64. The Hall–Kier alpha value is -1.38. The third-order valence-corrected chi connectivity index (χ3v) is 2.67. The number of pyridine rings is 1. The van der Waals surface area contributed by atoms with Crippen LogP contribution in [0, 0.1) is 11.3 Å². The first kappa shape index (κ1) is 12.7. The minimum absolute atomic E-state index is 0.224. The minimum Gasteiger partial charge on any atom is -0.367 e. The van der Waals surface area contributed by atoms with Gasteiger partial charge in [-0.3, -0.25) is 0 Å². The Morgan fingerprint density at radius 3 is 2.69 bits per heavy atom. The molecule has 0 amide bonds. The lowest BCUT2D eigenvalue weighted by Crippen LogP contribution is -2.18. The van der Waals surface area contributed by atoms with E-state index in [1.807, 2.05) is 26.0 Å². The molecule has 0 radical (unpaired) electrons. The third-order valence-electron chi connectivity index (χ3n) is 2.67. The molecule has 1 heterocycles. The van der Waals surface area contributed by atoms with E-state index in [0.29, 0.717) is 11.8 Å². The highest BCUT2D eigenvalue weighted by Crippen LogP contribution is 2.17. The summed E-state index contributed by atoms with van der Waals surface area (Å²) in [4.78, 5) is 4.32. The lowest BCUT2D eigenvalue weighted by molar-refractivity contribution is 0.758. The maximum absolute atomic E-state index is 8.05. The summed E-state index contributed by atoms with van der Waals surface area (Å²) in [7, 11) is 0. The quantitative estimate of drug-likeness (QED) is 0.746. The van der Waals surface area contributed by atoms with Crippen LogP contribution in [-0.4, -0.2) is 16.7 Å². The van der Waals surface area contributed by atoms with Crippen molar-refractivity contribution < 1.29 is 0 Å². The first-order valence-electron chi connectivity index (χ1n) is 5.86. The van der Waals surface area contributed by atoms with Crippen LogP contribution >= 0.6 is 0 Å². The second-order valence-electron chi connectivity index (χ2n) is 4.42. The first-order valence-corrected chi connectivity index (χ1v) is 5.86. The predicted molar refractivity (Wildman–Crippen MR) is 69.3 cm³/mol. The monoisotopic (exact) mass is 219 g/mol. The maximum atomic E-state index is 8.05. The van der Waals surface area contributed by atoms with Crippen LogP contribution < -0.4 is 5.32 Å². The van der Waals surface area contributed by atoms with Gasteiger partial charge in [0.05, 0.1) is 0 Å². The summed E-state index contributed by atoms with van der Waals surface area (Å²) >= 11 is 0. The molecule has 0 aliphatic carbocycles. The molecule has 0 bridgehead atoms. The number of hydrogen-bond donors (Lipinski definition) is 2. The van der Waals surface area contributed by atoms with Crippen LogP contribution in [0.3, 0.4) is 0 Å². The molecule has 0 aliphatic rings. The standard InChI is InChI=1S/C13H21N3/c1-5-10(4)16-13-11(7-6-8-15-13)12(14)9(2)3/h6-10,14H,5H2,1-4H3,(H,15,16). The lowest BCUT2D eigenvalue weighted by Gasteiger charge is -2.17. The van der Waals surface area contributed by atoms with Crippen molar-refractivity contribution in [2.75, 3.05) is 5.32 Å². The fourth-order valence-electron chi connectivity index (χ4n) is 1.38. The van der Waals surface area contributed by atoms with Gasteiger partial charge in [-0.1, -0.05) is 20.8 Å². The molecule has 3 nitrogen and oxygen atoms in total. The largest absolute Gasteiger partial charge is 0.367 e. The van der Waals surface area contributed by atoms with Gasteiger partial charge in [-0.05, 0) is 31.4 Å². The zero-order chi connectivity index (χ0) is 12.1. The summed E-state index contributed by atoms with van der Waals surface area (Å²) in [6, 6.07) is 4.22. The molecule has 0 spiro atoms. The molecule has 88 valence electrons. The number of nitrogens with one attached hydrogen (secondary N) is 2. The van der Waals surface area contributed by atoms with E-state index in [9.17, 15) is 0 Å². The molecule has 3 heteroatoms. The topological polar surface area (TPSA) is 48.8 Å². The lowest BCUT2D eigenvalue weighted by atomic mass is 10.0. The summed E-state index contributed by atoms with van der Waals surface area (Å²) in [5.41, 5.74) is 1.55. The molecule has 1 unspecified atom stereocenters. The predicted octanol–water partition coefficient (Wildman–Crippen LogP) is 3.32. The van der Waals surface area contributed by atoms with Crippen LogP contribution in [0.25, 0.3) is 0 Å². The highest BCUT2D eigenvalue weighted by molar-refractivity contribution is 6.03. The SMILES string of the molecule is CCC(C)Nc1ncccc1C(=N)C(C)C. The Morgan fingerprint density at radius 1 is 1.44 bits per heavy atom. The molecular formula is C13H21N3. The van der Waals surface area contributed by atoms with E-state index in [1.54, 1.807) is 6.20 Å². The summed E-state index contributed by atoms with van der Waals surface area (Å²) in [5, 5.41) is 11.4. The Labute approximate surface area is 97.8 Å². The van der Waals surface area contributed by atoms with Crippen molar-refractivity contribution in [1.29, 1.82) is 5.41 Å². The van der Waals surface area contributed by atoms with Gasteiger partial charge >= 0.3 is 0 Å². The van der Waals surface area contributed by atoms with E-state index in [0.717, 1.165) is 17.8 Å². The van der Waals surface area contributed by atoms with Gasteiger partial charge in [0, 0.05) is 23.5 Å². The van der Waals surface area contributed by atoms with E-state index in [4.69, 9.17) is 5.41 Å². The molecule has 0 saturated heterocycles. The van der Waals surface area contributed by atoms with Crippen LogP contribution in [0.1, 0.15) is 39.7 Å². The summed E-state index contributed by atoms with van der Waals surface area (Å²) in [6.07, 6.45) is 2.81. The number of rotatable bonds is 5. The molecule has 1 atom stereocenters. The van der Waals surface area contributed by atoms with E-state index in [2.05, 4.69) is 24.1 Å². The molecular weight excluding hydrogens is 198 g/mol. The van der Waals surface area contributed by atoms with Gasteiger partial charge in [0.1, 0.15) is 5.82 Å². The minimum atomic E-state index is 0.224. The molecule has 0 fully saturated rings. The molecule has 1 rings (SSSR count). The van der Waals surface area contributed by atoms with E-state index in [-0.39, 0.29) is 5.92 Å². The van der Waals surface area contributed by atoms with Crippen molar-refractivity contribution >= 4 is 11.5 Å². The zero-order valence-corrected chi connectivity index (χ0v) is 10.5. The fourth-order valence-corrected chi connectivity index (χ4v) is 1.38. The van der Waals surface area contributed by atoms with Crippen LogP contribution in [0.5, 0.6) is 0 Å². The van der Waals surface area contributed by atoms with Crippen LogP contribution in [0.2, 0.25) is 0 Å². The van der Waals surface area contributed by atoms with Crippen LogP contribution in [0.15, 0.2) is 18.3 Å². The second-order valence-corrected chi connectivity index (χ2v) is 4.42. The highest BCUT2D eigenvalue weighted by atomic mass is 15.0. The molecule has 1 aromatic heterocycles. The van der Waals surface area contributed by atoms with E-state index >= 15 is 0 Å². The smallest absolute Gasteiger partial charge is 0.135 e. The van der Waals surface area contributed by atoms with Gasteiger partial charge in [-0.2, -0.15) is 0 Å². The maximum Gasteiger partial charge on any atom is 0.135 e.